The maximum atomic E-state index is 13.3. The van der Waals surface area contributed by atoms with Crippen LogP contribution in [-0.4, -0.2) is 25.2 Å². The predicted octanol–water partition coefficient (Wildman–Crippen LogP) is 3.66. The highest BCUT2D eigenvalue weighted by atomic mass is 19.4. The van der Waals surface area contributed by atoms with E-state index in [1.807, 2.05) is 0 Å². The number of ether oxygens (including phenoxy) is 2. The lowest BCUT2D eigenvalue weighted by molar-refractivity contribution is -0.275. The first kappa shape index (κ1) is 19.2. The zero-order chi connectivity index (χ0) is 17.5. The molecular weight excluding hydrogens is 318 g/mol. The second kappa shape index (κ2) is 8.71. The number of hydrogen-bond donors (Lipinski definition) is 1. The van der Waals surface area contributed by atoms with Crippen LogP contribution in [0.25, 0.3) is 0 Å². The van der Waals surface area contributed by atoms with Crippen molar-refractivity contribution in [3.63, 3.8) is 0 Å². The molecule has 0 amide bonds. The van der Waals surface area contributed by atoms with E-state index in [0.29, 0.717) is 6.42 Å². The fraction of sp³-hybridized carbons (Fsp3) is 0.533. The Hall–Kier alpha value is -1.83. The van der Waals surface area contributed by atoms with Gasteiger partial charge < -0.3 is 15.2 Å². The van der Waals surface area contributed by atoms with E-state index >= 15 is 0 Å². The third kappa shape index (κ3) is 6.85. The molecule has 0 heterocycles. The van der Waals surface area contributed by atoms with Crippen molar-refractivity contribution in [1.82, 2.24) is 0 Å². The summed E-state index contributed by atoms with van der Waals surface area (Å²) in [6, 6.07) is 5.38. The van der Waals surface area contributed by atoms with Crippen LogP contribution in [0, 0.1) is 0 Å². The SMILES string of the molecule is CCCC(F)OC(=O)CC(CN)c1ccccc1OC(F)(F)F. The summed E-state index contributed by atoms with van der Waals surface area (Å²) < 4.78 is 59.0. The molecule has 4 nitrogen and oxygen atoms in total. The van der Waals surface area contributed by atoms with Crippen molar-refractivity contribution in [3.05, 3.63) is 29.8 Å². The van der Waals surface area contributed by atoms with E-state index in [1.165, 1.54) is 18.2 Å². The first-order valence-electron chi connectivity index (χ1n) is 7.15. The molecule has 0 spiro atoms. The van der Waals surface area contributed by atoms with Crippen LogP contribution in [0.1, 0.15) is 37.7 Å². The molecule has 2 N–H and O–H groups in total. The summed E-state index contributed by atoms with van der Waals surface area (Å²) in [7, 11) is 0. The third-order valence-corrected chi connectivity index (χ3v) is 3.06. The number of rotatable bonds is 8. The summed E-state index contributed by atoms with van der Waals surface area (Å²) in [5, 5.41) is 0. The van der Waals surface area contributed by atoms with Crippen LogP contribution in [0.2, 0.25) is 0 Å². The van der Waals surface area contributed by atoms with Gasteiger partial charge in [0.1, 0.15) is 5.75 Å². The summed E-state index contributed by atoms with van der Waals surface area (Å²) in [6.07, 6.45) is -6.36. The minimum atomic E-state index is -4.86. The Labute approximate surface area is 131 Å². The molecule has 1 aromatic rings. The molecule has 1 aromatic carbocycles. The Morgan fingerprint density at radius 2 is 1.96 bits per heavy atom. The molecule has 0 aliphatic heterocycles. The average molecular weight is 337 g/mol. The molecule has 0 bridgehead atoms. The largest absolute Gasteiger partial charge is 0.573 e. The second-order valence-electron chi connectivity index (χ2n) is 4.91. The standard InChI is InChI=1S/C15H19F4NO3/c1-2-5-13(16)22-14(21)8-10(9-20)11-6-3-4-7-12(11)23-15(17,18)19/h3-4,6-7,10,13H,2,5,8-9,20H2,1H3. The van der Waals surface area contributed by atoms with E-state index in [9.17, 15) is 22.4 Å². The number of esters is 1. The van der Waals surface area contributed by atoms with Crippen molar-refractivity contribution in [2.45, 2.75) is 44.8 Å². The van der Waals surface area contributed by atoms with Gasteiger partial charge in [0, 0.05) is 12.3 Å². The number of carbonyl (C=O) groups excluding carboxylic acids is 1. The summed E-state index contributed by atoms with van der Waals surface area (Å²) in [5.41, 5.74) is 5.66. The molecule has 0 aliphatic rings. The van der Waals surface area contributed by atoms with Crippen LogP contribution >= 0.6 is 0 Å². The topological polar surface area (TPSA) is 61.5 Å². The Bertz CT molecular complexity index is 508. The first-order chi connectivity index (χ1) is 10.8. The van der Waals surface area contributed by atoms with Gasteiger partial charge in [-0.1, -0.05) is 25.1 Å². The van der Waals surface area contributed by atoms with Gasteiger partial charge in [0.2, 0.25) is 6.36 Å². The monoisotopic (exact) mass is 337 g/mol. The highest BCUT2D eigenvalue weighted by molar-refractivity contribution is 5.71. The normalized spacial score (nSPS) is 14.2. The quantitative estimate of drug-likeness (QED) is 0.581. The van der Waals surface area contributed by atoms with Crippen LogP contribution in [-0.2, 0) is 9.53 Å². The summed E-state index contributed by atoms with van der Waals surface area (Å²) in [4.78, 5) is 11.7. The number of hydrogen-bond acceptors (Lipinski definition) is 4. The van der Waals surface area contributed by atoms with Crippen molar-refractivity contribution in [2.24, 2.45) is 5.73 Å². The van der Waals surface area contributed by atoms with Crippen LogP contribution in [0.4, 0.5) is 17.6 Å². The van der Waals surface area contributed by atoms with E-state index in [1.54, 1.807) is 6.92 Å². The fourth-order valence-corrected chi connectivity index (χ4v) is 2.03. The number of halogens is 4. The number of alkyl halides is 4. The molecule has 8 heteroatoms. The molecule has 2 atom stereocenters. The van der Waals surface area contributed by atoms with Gasteiger partial charge in [-0.15, -0.1) is 13.2 Å². The average Bonchev–Trinajstić information content (AvgIpc) is 2.44. The van der Waals surface area contributed by atoms with Crippen LogP contribution in [0.5, 0.6) is 5.75 Å². The Morgan fingerprint density at radius 1 is 1.30 bits per heavy atom. The maximum absolute atomic E-state index is 13.3. The lowest BCUT2D eigenvalue weighted by Gasteiger charge is -2.19. The Kier molecular flexibility index (Phi) is 7.28. The van der Waals surface area contributed by atoms with Gasteiger partial charge in [0.15, 0.2) is 0 Å². The van der Waals surface area contributed by atoms with E-state index in [0.717, 1.165) is 6.07 Å². The van der Waals surface area contributed by atoms with Gasteiger partial charge in [-0.05, 0) is 24.6 Å². The maximum Gasteiger partial charge on any atom is 0.573 e. The van der Waals surface area contributed by atoms with E-state index in [4.69, 9.17) is 5.73 Å². The highest BCUT2D eigenvalue weighted by Crippen LogP contribution is 2.32. The molecule has 1 rings (SSSR count). The Balaban J connectivity index is 2.83. The third-order valence-electron chi connectivity index (χ3n) is 3.06. The van der Waals surface area contributed by atoms with E-state index in [2.05, 4.69) is 9.47 Å². The van der Waals surface area contributed by atoms with Crippen LogP contribution in [0.15, 0.2) is 24.3 Å². The lowest BCUT2D eigenvalue weighted by atomic mass is 9.95. The van der Waals surface area contributed by atoms with Crippen molar-refractivity contribution >= 4 is 5.97 Å². The van der Waals surface area contributed by atoms with Crippen molar-refractivity contribution < 1.29 is 31.8 Å². The van der Waals surface area contributed by atoms with Crippen molar-refractivity contribution in [2.75, 3.05) is 6.54 Å². The highest BCUT2D eigenvalue weighted by Gasteiger charge is 2.33. The number of para-hydroxylation sites is 1. The molecule has 23 heavy (non-hydrogen) atoms. The van der Waals surface area contributed by atoms with Gasteiger partial charge in [-0.25, -0.2) is 4.39 Å². The smallest absolute Gasteiger partial charge is 0.431 e. The fourth-order valence-electron chi connectivity index (χ4n) is 2.03. The molecule has 0 radical (unpaired) electrons. The zero-order valence-electron chi connectivity index (χ0n) is 12.6. The summed E-state index contributed by atoms with van der Waals surface area (Å²) >= 11 is 0. The van der Waals surface area contributed by atoms with Crippen molar-refractivity contribution in [3.8, 4) is 5.75 Å². The molecule has 0 saturated carbocycles. The van der Waals surface area contributed by atoms with Crippen LogP contribution < -0.4 is 10.5 Å². The number of nitrogens with two attached hydrogens (primary N) is 1. The van der Waals surface area contributed by atoms with E-state index < -0.39 is 30.4 Å². The molecule has 2 unspecified atom stereocenters. The Morgan fingerprint density at radius 3 is 2.52 bits per heavy atom. The van der Waals surface area contributed by atoms with Gasteiger partial charge in [0.25, 0.3) is 0 Å². The van der Waals surface area contributed by atoms with Crippen molar-refractivity contribution in [1.29, 1.82) is 0 Å². The molecular formula is C15H19F4NO3. The first-order valence-corrected chi connectivity index (χ1v) is 7.15. The lowest BCUT2D eigenvalue weighted by Crippen LogP contribution is -2.23. The molecule has 130 valence electrons. The van der Waals surface area contributed by atoms with Gasteiger partial charge in [-0.2, -0.15) is 0 Å². The van der Waals surface area contributed by atoms with Gasteiger partial charge in [-0.3, -0.25) is 4.79 Å². The van der Waals surface area contributed by atoms with Gasteiger partial charge >= 0.3 is 12.3 Å². The minimum absolute atomic E-state index is 0.0623. The predicted molar refractivity (Wildman–Crippen MR) is 75.4 cm³/mol. The number of benzene rings is 1. The number of carbonyl (C=O) groups is 1. The second-order valence-corrected chi connectivity index (χ2v) is 4.91. The van der Waals surface area contributed by atoms with E-state index in [-0.39, 0.29) is 24.9 Å². The van der Waals surface area contributed by atoms with Gasteiger partial charge in [0.05, 0.1) is 6.42 Å². The molecule has 0 aliphatic carbocycles. The molecule has 0 saturated heterocycles. The molecule has 0 aromatic heterocycles. The van der Waals surface area contributed by atoms with Crippen LogP contribution in [0.3, 0.4) is 0 Å². The minimum Gasteiger partial charge on any atom is -0.431 e. The summed E-state index contributed by atoms with van der Waals surface area (Å²) in [6.45, 7) is 1.62. The zero-order valence-corrected chi connectivity index (χ0v) is 12.6. The molecule has 0 fully saturated rings. The summed E-state index contributed by atoms with van der Waals surface area (Å²) in [5.74, 6) is -2.06.